The van der Waals surface area contributed by atoms with Crippen molar-refractivity contribution in [3.63, 3.8) is 0 Å². The van der Waals surface area contributed by atoms with Crippen LogP contribution in [0, 0.1) is 0 Å². The van der Waals surface area contributed by atoms with Gasteiger partial charge in [-0.2, -0.15) is 0 Å². The first kappa shape index (κ1) is 10.2. The topological polar surface area (TPSA) is 46.2 Å². The Hall–Kier alpha value is -1.90. The van der Waals surface area contributed by atoms with Crippen molar-refractivity contribution in [2.75, 3.05) is 0 Å². The van der Waals surface area contributed by atoms with E-state index < -0.39 is 0 Å². The van der Waals surface area contributed by atoms with Crippen molar-refractivity contribution in [1.82, 2.24) is 5.32 Å². The predicted molar refractivity (Wildman–Crippen MR) is 53.7 cm³/mol. The Morgan fingerprint density at radius 2 is 1.86 bits per heavy atom. The molecule has 0 heterocycles. The van der Waals surface area contributed by atoms with Crippen molar-refractivity contribution in [3.05, 3.63) is 48.2 Å². The van der Waals surface area contributed by atoms with Crippen LogP contribution in [0.4, 0.5) is 0 Å². The van der Waals surface area contributed by atoms with Gasteiger partial charge in [-0.1, -0.05) is 30.3 Å². The highest BCUT2D eigenvalue weighted by molar-refractivity contribution is 6.04. The maximum absolute atomic E-state index is 11.4. The number of carbonyl (C=O) groups is 2. The van der Waals surface area contributed by atoms with Gasteiger partial charge in [-0.3, -0.25) is 9.59 Å². The summed E-state index contributed by atoms with van der Waals surface area (Å²) in [5.74, 6) is -0.318. The molecule has 1 aromatic carbocycles. The summed E-state index contributed by atoms with van der Waals surface area (Å²) in [6.45, 7) is 1.39. The summed E-state index contributed by atoms with van der Waals surface area (Å²) in [6, 6.07) is 8.87. The van der Waals surface area contributed by atoms with Crippen molar-refractivity contribution in [2.45, 2.75) is 6.92 Å². The van der Waals surface area contributed by atoms with Gasteiger partial charge in [-0.25, -0.2) is 0 Å². The molecule has 3 nitrogen and oxygen atoms in total. The van der Waals surface area contributed by atoms with Gasteiger partial charge in [-0.05, 0) is 0 Å². The Morgan fingerprint density at radius 1 is 1.21 bits per heavy atom. The first-order valence-electron chi connectivity index (χ1n) is 4.23. The molecule has 3 heteroatoms. The number of ketones is 1. The van der Waals surface area contributed by atoms with Gasteiger partial charge in [0.2, 0.25) is 5.91 Å². The predicted octanol–water partition coefficient (Wildman–Crippen LogP) is 1.52. The van der Waals surface area contributed by atoms with Crippen LogP contribution in [0.5, 0.6) is 0 Å². The zero-order chi connectivity index (χ0) is 10.4. The van der Waals surface area contributed by atoms with Crippen LogP contribution in [0.15, 0.2) is 42.6 Å². The van der Waals surface area contributed by atoms with E-state index >= 15 is 0 Å². The van der Waals surface area contributed by atoms with Crippen LogP contribution in [0.3, 0.4) is 0 Å². The lowest BCUT2D eigenvalue weighted by Gasteiger charge is -1.94. The minimum absolute atomic E-state index is 0.126. The number of hydrogen-bond acceptors (Lipinski definition) is 2. The minimum atomic E-state index is -0.192. The lowest BCUT2D eigenvalue weighted by Crippen LogP contribution is -2.12. The van der Waals surface area contributed by atoms with E-state index in [1.54, 1.807) is 24.3 Å². The number of nitrogens with one attached hydrogen (secondary N) is 1. The molecule has 1 rings (SSSR count). The highest BCUT2D eigenvalue weighted by atomic mass is 16.1. The number of allylic oxidation sites excluding steroid dienone is 1. The van der Waals surface area contributed by atoms with Gasteiger partial charge in [0.15, 0.2) is 5.78 Å². The molecule has 0 unspecified atom stereocenters. The zero-order valence-corrected chi connectivity index (χ0v) is 7.86. The van der Waals surface area contributed by atoms with Gasteiger partial charge in [-0.15, -0.1) is 0 Å². The van der Waals surface area contributed by atoms with Gasteiger partial charge >= 0.3 is 0 Å². The molecular weight excluding hydrogens is 178 g/mol. The normalized spacial score (nSPS) is 10.1. The number of carbonyl (C=O) groups excluding carboxylic acids is 2. The third kappa shape index (κ3) is 3.23. The molecule has 0 saturated heterocycles. The maximum atomic E-state index is 11.4. The Labute approximate surface area is 82.4 Å². The monoisotopic (exact) mass is 189 g/mol. The zero-order valence-electron chi connectivity index (χ0n) is 7.86. The fourth-order valence-corrected chi connectivity index (χ4v) is 0.933. The first-order valence-corrected chi connectivity index (χ1v) is 4.23. The molecule has 1 amide bonds. The highest BCUT2D eigenvalue weighted by Gasteiger charge is 1.98. The van der Waals surface area contributed by atoms with Crippen LogP contribution in [0.2, 0.25) is 0 Å². The largest absolute Gasteiger partial charge is 0.333 e. The molecule has 0 aliphatic carbocycles. The molecule has 0 saturated carbocycles. The Kier molecular flexibility index (Phi) is 3.61. The summed E-state index contributed by atoms with van der Waals surface area (Å²) in [5, 5.41) is 2.41. The average Bonchev–Trinajstić information content (AvgIpc) is 2.18. The third-order valence-corrected chi connectivity index (χ3v) is 1.58. The van der Waals surface area contributed by atoms with Crippen LogP contribution in [-0.4, -0.2) is 11.7 Å². The first-order chi connectivity index (χ1) is 6.70. The van der Waals surface area contributed by atoms with Gasteiger partial charge in [0.05, 0.1) is 0 Å². The number of hydrogen-bond donors (Lipinski definition) is 1. The molecule has 0 bridgehead atoms. The van der Waals surface area contributed by atoms with Crippen LogP contribution in [0.25, 0.3) is 0 Å². The van der Waals surface area contributed by atoms with Crippen molar-refractivity contribution in [3.8, 4) is 0 Å². The van der Waals surface area contributed by atoms with Gasteiger partial charge in [0, 0.05) is 24.8 Å². The standard InChI is InChI=1S/C11H11NO2/c1-9(13)12-8-7-11(14)10-5-3-2-4-6-10/h2-8H,1H3,(H,12,13)/b8-7+. The van der Waals surface area contributed by atoms with Crippen molar-refractivity contribution in [1.29, 1.82) is 0 Å². The van der Waals surface area contributed by atoms with Gasteiger partial charge < -0.3 is 5.32 Å². The second kappa shape index (κ2) is 4.97. The van der Waals surface area contributed by atoms with Crippen molar-refractivity contribution >= 4 is 11.7 Å². The van der Waals surface area contributed by atoms with Crippen LogP contribution < -0.4 is 5.32 Å². The Morgan fingerprint density at radius 3 is 2.43 bits per heavy atom. The summed E-state index contributed by atoms with van der Waals surface area (Å²) in [6.07, 6.45) is 2.68. The molecule has 72 valence electrons. The van der Waals surface area contributed by atoms with E-state index in [0.717, 1.165) is 0 Å². The Balaban J connectivity index is 2.59. The summed E-state index contributed by atoms with van der Waals surface area (Å²) >= 11 is 0. The van der Waals surface area contributed by atoms with E-state index in [9.17, 15) is 9.59 Å². The second-order valence-corrected chi connectivity index (χ2v) is 2.76. The molecule has 0 atom stereocenters. The van der Waals surface area contributed by atoms with Gasteiger partial charge in [0.1, 0.15) is 0 Å². The molecule has 0 radical (unpaired) electrons. The van der Waals surface area contributed by atoms with E-state index in [0.29, 0.717) is 5.56 Å². The quantitative estimate of drug-likeness (QED) is 0.578. The molecular formula is C11H11NO2. The molecule has 0 spiro atoms. The summed E-state index contributed by atoms with van der Waals surface area (Å²) in [4.78, 5) is 21.9. The summed E-state index contributed by atoms with van der Waals surface area (Å²) < 4.78 is 0. The van der Waals surface area contributed by atoms with E-state index in [4.69, 9.17) is 0 Å². The molecule has 0 aliphatic rings. The molecule has 0 fully saturated rings. The van der Waals surface area contributed by atoms with E-state index in [1.807, 2.05) is 6.07 Å². The third-order valence-electron chi connectivity index (χ3n) is 1.58. The minimum Gasteiger partial charge on any atom is -0.333 e. The lowest BCUT2D eigenvalue weighted by atomic mass is 10.1. The number of benzene rings is 1. The van der Waals surface area contributed by atoms with Gasteiger partial charge in [0.25, 0.3) is 0 Å². The fraction of sp³-hybridized carbons (Fsp3) is 0.0909. The summed E-state index contributed by atoms with van der Waals surface area (Å²) in [7, 11) is 0. The Bertz CT molecular complexity index is 355. The van der Waals surface area contributed by atoms with Crippen LogP contribution in [0.1, 0.15) is 17.3 Å². The highest BCUT2D eigenvalue weighted by Crippen LogP contribution is 1.99. The average molecular weight is 189 g/mol. The second-order valence-electron chi connectivity index (χ2n) is 2.76. The van der Waals surface area contributed by atoms with Crippen molar-refractivity contribution < 1.29 is 9.59 Å². The maximum Gasteiger partial charge on any atom is 0.220 e. The molecule has 1 N–H and O–H groups in total. The molecule has 14 heavy (non-hydrogen) atoms. The van der Waals surface area contributed by atoms with Crippen LogP contribution in [-0.2, 0) is 4.79 Å². The smallest absolute Gasteiger partial charge is 0.220 e. The SMILES string of the molecule is CC(=O)N/C=C/C(=O)c1ccccc1. The number of rotatable bonds is 3. The van der Waals surface area contributed by atoms with E-state index in [-0.39, 0.29) is 11.7 Å². The van der Waals surface area contributed by atoms with E-state index in [1.165, 1.54) is 19.2 Å². The number of amides is 1. The fourth-order valence-electron chi connectivity index (χ4n) is 0.933. The lowest BCUT2D eigenvalue weighted by molar-refractivity contribution is -0.118. The molecule has 0 aromatic heterocycles. The van der Waals surface area contributed by atoms with Crippen molar-refractivity contribution in [2.24, 2.45) is 0 Å². The molecule has 1 aromatic rings. The van der Waals surface area contributed by atoms with E-state index in [2.05, 4.69) is 5.32 Å². The van der Waals surface area contributed by atoms with Crippen LogP contribution >= 0.6 is 0 Å². The molecule has 0 aliphatic heterocycles. The summed E-state index contributed by atoms with van der Waals surface area (Å²) in [5.41, 5.74) is 0.606.